The SMILES string of the molecule is Cc1ccc(S(=O)(=O)NCC(OS(=O)(=O)c2ccc(C)cc2)C(F)(F)F)cc1. The Balaban J connectivity index is 2.20. The average molecular weight is 437 g/mol. The Bertz CT molecular complexity index is 1020. The van der Waals surface area contributed by atoms with Crippen LogP contribution in [-0.4, -0.2) is 35.7 Å². The molecule has 28 heavy (non-hydrogen) atoms. The summed E-state index contributed by atoms with van der Waals surface area (Å²) in [6.45, 7) is 2.09. The van der Waals surface area contributed by atoms with E-state index in [9.17, 15) is 30.0 Å². The first kappa shape index (κ1) is 22.3. The van der Waals surface area contributed by atoms with E-state index in [0.29, 0.717) is 5.56 Å². The number of benzene rings is 2. The number of hydrogen-bond acceptors (Lipinski definition) is 5. The van der Waals surface area contributed by atoms with E-state index >= 15 is 0 Å². The van der Waals surface area contributed by atoms with Crippen molar-refractivity contribution in [3.05, 3.63) is 59.7 Å². The van der Waals surface area contributed by atoms with Gasteiger partial charge in [-0.1, -0.05) is 35.4 Å². The Labute approximate surface area is 161 Å². The molecule has 1 N–H and O–H groups in total. The van der Waals surface area contributed by atoms with Gasteiger partial charge in [-0.05, 0) is 38.1 Å². The topological polar surface area (TPSA) is 89.5 Å². The van der Waals surface area contributed by atoms with E-state index in [4.69, 9.17) is 0 Å². The maximum Gasteiger partial charge on any atom is 0.417 e. The Morgan fingerprint density at radius 2 is 1.29 bits per heavy atom. The summed E-state index contributed by atoms with van der Waals surface area (Å²) in [5, 5.41) is 0. The largest absolute Gasteiger partial charge is 0.417 e. The van der Waals surface area contributed by atoms with Crippen molar-refractivity contribution < 1.29 is 34.2 Å². The second kappa shape index (κ2) is 8.19. The van der Waals surface area contributed by atoms with Gasteiger partial charge in [0.25, 0.3) is 10.1 Å². The van der Waals surface area contributed by atoms with E-state index in [2.05, 4.69) is 4.18 Å². The Hall–Kier alpha value is -1.95. The van der Waals surface area contributed by atoms with Crippen molar-refractivity contribution in [2.75, 3.05) is 6.54 Å². The molecule has 0 aliphatic rings. The van der Waals surface area contributed by atoms with E-state index in [-0.39, 0.29) is 4.90 Å². The molecule has 2 aromatic rings. The molecule has 0 aromatic heterocycles. The van der Waals surface area contributed by atoms with Crippen LogP contribution >= 0.6 is 0 Å². The van der Waals surface area contributed by atoms with Crippen molar-refractivity contribution in [2.24, 2.45) is 0 Å². The summed E-state index contributed by atoms with van der Waals surface area (Å²) in [7, 11) is -9.04. The van der Waals surface area contributed by atoms with Crippen molar-refractivity contribution >= 4 is 20.1 Å². The number of halogens is 3. The number of rotatable bonds is 7. The van der Waals surface area contributed by atoms with Crippen molar-refractivity contribution in [3.8, 4) is 0 Å². The van der Waals surface area contributed by atoms with Gasteiger partial charge in [-0.15, -0.1) is 0 Å². The van der Waals surface area contributed by atoms with Gasteiger partial charge >= 0.3 is 6.18 Å². The summed E-state index contributed by atoms with van der Waals surface area (Å²) in [5.41, 5.74) is 1.47. The van der Waals surface area contributed by atoms with Gasteiger partial charge in [-0.25, -0.2) is 13.1 Å². The summed E-state index contributed by atoms with van der Waals surface area (Å²) >= 11 is 0. The molecule has 0 aliphatic heterocycles. The summed E-state index contributed by atoms with van der Waals surface area (Å²) in [6, 6.07) is 10.4. The molecule has 0 saturated heterocycles. The van der Waals surface area contributed by atoms with Crippen LogP contribution in [0.25, 0.3) is 0 Å². The van der Waals surface area contributed by atoms with Crippen LogP contribution in [0.1, 0.15) is 11.1 Å². The highest BCUT2D eigenvalue weighted by atomic mass is 32.2. The fourth-order valence-corrected chi connectivity index (χ4v) is 4.20. The normalized spacial score (nSPS) is 14.0. The third-order valence-corrected chi connectivity index (χ3v) is 6.48. The average Bonchev–Trinajstić information content (AvgIpc) is 2.58. The van der Waals surface area contributed by atoms with Crippen molar-refractivity contribution in [2.45, 2.75) is 35.9 Å². The zero-order valence-electron chi connectivity index (χ0n) is 14.9. The minimum atomic E-state index is -5.12. The monoisotopic (exact) mass is 437 g/mol. The van der Waals surface area contributed by atoms with Gasteiger partial charge in [0.05, 0.1) is 9.79 Å². The zero-order valence-corrected chi connectivity index (χ0v) is 16.5. The van der Waals surface area contributed by atoms with Crippen LogP contribution < -0.4 is 4.72 Å². The van der Waals surface area contributed by atoms with Crippen LogP contribution in [0.2, 0.25) is 0 Å². The molecule has 0 aliphatic carbocycles. The van der Waals surface area contributed by atoms with Crippen LogP contribution in [0.4, 0.5) is 13.2 Å². The van der Waals surface area contributed by atoms with Crippen molar-refractivity contribution in [1.29, 1.82) is 0 Å². The standard InChI is InChI=1S/C17H18F3NO5S2/c1-12-3-7-14(8-4-12)27(22,23)21-11-16(17(18,19)20)26-28(24,25)15-9-5-13(2)6-10-15/h3-10,16,21H,11H2,1-2H3. The van der Waals surface area contributed by atoms with Gasteiger partial charge < -0.3 is 0 Å². The predicted molar refractivity (Wildman–Crippen MR) is 95.7 cm³/mol. The summed E-state index contributed by atoms with van der Waals surface area (Å²) in [4.78, 5) is -0.714. The Kier molecular flexibility index (Phi) is 6.54. The predicted octanol–water partition coefficient (Wildman–Crippen LogP) is 2.92. The molecule has 0 bridgehead atoms. The molecule has 0 spiro atoms. The minimum Gasteiger partial charge on any atom is -0.252 e. The molecule has 0 heterocycles. The lowest BCUT2D eigenvalue weighted by Crippen LogP contribution is -2.43. The first-order valence-corrected chi connectivity index (χ1v) is 10.8. The Morgan fingerprint density at radius 1 is 0.857 bits per heavy atom. The summed E-state index contributed by atoms with van der Waals surface area (Å²) < 4.78 is 94.4. The summed E-state index contributed by atoms with van der Waals surface area (Å²) in [5.74, 6) is 0. The number of alkyl halides is 3. The third kappa shape index (κ3) is 5.77. The van der Waals surface area contributed by atoms with Crippen molar-refractivity contribution in [1.82, 2.24) is 4.72 Å². The fraction of sp³-hybridized carbons (Fsp3) is 0.294. The Morgan fingerprint density at radius 3 is 1.71 bits per heavy atom. The summed E-state index contributed by atoms with van der Waals surface area (Å²) in [6.07, 6.45) is -8.01. The number of sulfonamides is 1. The molecule has 2 aromatic carbocycles. The lowest BCUT2D eigenvalue weighted by molar-refractivity contribution is -0.191. The molecule has 6 nitrogen and oxygen atoms in total. The molecule has 0 amide bonds. The van der Waals surface area contributed by atoms with Gasteiger partial charge in [0.2, 0.25) is 10.0 Å². The van der Waals surface area contributed by atoms with E-state index in [1.54, 1.807) is 18.6 Å². The molecule has 0 saturated carbocycles. The molecule has 0 fully saturated rings. The van der Waals surface area contributed by atoms with Gasteiger partial charge in [-0.2, -0.15) is 21.6 Å². The van der Waals surface area contributed by atoms with E-state index < -0.39 is 43.9 Å². The molecular weight excluding hydrogens is 419 g/mol. The molecule has 1 atom stereocenters. The lowest BCUT2D eigenvalue weighted by atomic mass is 10.2. The quantitative estimate of drug-likeness (QED) is 0.673. The minimum absolute atomic E-state index is 0.250. The first-order valence-electron chi connectivity index (χ1n) is 7.94. The second-order valence-corrected chi connectivity index (χ2v) is 9.40. The molecule has 2 rings (SSSR count). The first-order chi connectivity index (χ1) is 12.8. The van der Waals surface area contributed by atoms with E-state index in [1.807, 2.05) is 0 Å². The van der Waals surface area contributed by atoms with Crippen LogP contribution in [0.15, 0.2) is 58.3 Å². The number of hydrogen-bond donors (Lipinski definition) is 1. The molecule has 1 unspecified atom stereocenters. The second-order valence-electron chi connectivity index (χ2n) is 6.06. The maximum atomic E-state index is 13.2. The van der Waals surface area contributed by atoms with Crippen LogP contribution in [-0.2, 0) is 24.3 Å². The van der Waals surface area contributed by atoms with E-state index in [1.165, 1.54) is 36.4 Å². The number of nitrogens with one attached hydrogen (secondary N) is 1. The van der Waals surface area contributed by atoms with Crippen LogP contribution in [0.3, 0.4) is 0 Å². The molecule has 154 valence electrons. The third-order valence-electron chi connectivity index (χ3n) is 3.71. The van der Waals surface area contributed by atoms with Gasteiger partial charge in [0.1, 0.15) is 0 Å². The van der Waals surface area contributed by atoms with Crippen LogP contribution in [0.5, 0.6) is 0 Å². The van der Waals surface area contributed by atoms with E-state index in [0.717, 1.165) is 17.7 Å². The van der Waals surface area contributed by atoms with Gasteiger partial charge in [0.15, 0.2) is 6.10 Å². The van der Waals surface area contributed by atoms with Gasteiger partial charge in [0, 0.05) is 6.54 Å². The smallest absolute Gasteiger partial charge is 0.252 e. The fourth-order valence-electron chi connectivity index (χ4n) is 2.10. The van der Waals surface area contributed by atoms with Crippen LogP contribution in [0, 0.1) is 13.8 Å². The van der Waals surface area contributed by atoms with Crippen molar-refractivity contribution in [3.63, 3.8) is 0 Å². The zero-order chi connectivity index (χ0) is 21.2. The van der Waals surface area contributed by atoms with Gasteiger partial charge in [-0.3, -0.25) is 4.18 Å². The molecule has 0 radical (unpaired) electrons. The molecular formula is C17H18F3NO5S2. The number of aryl methyl sites for hydroxylation is 2. The highest BCUT2D eigenvalue weighted by Gasteiger charge is 2.44. The maximum absolute atomic E-state index is 13.2. The highest BCUT2D eigenvalue weighted by Crippen LogP contribution is 2.27. The molecule has 11 heteroatoms. The highest BCUT2D eigenvalue weighted by molar-refractivity contribution is 7.89. The lowest BCUT2D eigenvalue weighted by Gasteiger charge is -2.21.